The fraction of sp³-hybridized carbons (Fsp3) is 0.480. The number of nitrogens with one attached hydrogen (secondary N) is 1. The van der Waals surface area contributed by atoms with Gasteiger partial charge in [0, 0.05) is 37.7 Å². The van der Waals surface area contributed by atoms with Crippen LogP contribution in [0.15, 0.2) is 30.3 Å². The van der Waals surface area contributed by atoms with E-state index in [4.69, 9.17) is 9.72 Å². The number of methoxy groups -OCH3 is 1. The number of aliphatic carboxylic acids is 1. The fourth-order valence-electron chi connectivity index (χ4n) is 4.61. The maximum absolute atomic E-state index is 14.1. The van der Waals surface area contributed by atoms with E-state index in [1.165, 1.54) is 24.8 Å². The van der Waals surface area contributed by atoms with Crippen LogP contribution in [0, 0.1) is 11.7 Å². The lowest BCUT2D eigenvalue weighted by molar-refractivity contribution is -0.139. The minimum atomic E-state index is -1.02. The highest BCUT2D eigenvalue weighted by Gasteiger charge is 2.32. The number of fused-ring (bicyclic) bond motifs is 1. The van der Waals surface area contributed by atoms with Crippen molar-refractivity contribution in [2.75, 3.05) is 32.1 Å². The number of hydrogen-bond donors (Lipinski definition) is 2. The standard InChI is InChI=1S/C25H30FN3O4/c1-33-22-9-6-18(11-21(22)26)19(13-24(31)32)12-23(30)29-14-16(15-29)4-7-20-8-5-17-3-2-10-27-25(17)28-20/h5-6,8-9,11,16,19H,2-4,7,10,12-15H2,1H3,(H,27,28)(H,31,32). The van der Waals surface area contributed by atoms with Crippen molar-refractivity contribution in [2.24, 2.45) is 5.92 Å². The largest absolute Gasteiger partial charge is 0.494 e. The van der Waals surface area contributed by atoms with E-state index in [1.54, 1.807) is 11.0 Å². The molecule has 0 aliphatic carbocycles. The van der Waals surface area contributed by atoms with Crippen molar-refractivity contribution in [1.29, 1.82) is 0 Å². The second kappa shape index (κ2) is 10.2. The van der Waals surface area contributed by atoms with Crippen molar-refractivity contribution < 1.29 is 23.8 Å². The first-order valence-corrected chi connectivity index (χ1v) is 11.5. The van der Waals surface area contributed by atoms with Gasteiger partial charge in [-0.2, -0.15) is 0 Å². The molecule has 2 N–H and O–H groups in total. The number of carboxylic acid groups (broad SMARTS) is 1. The number of halogens is 1. The van der Waals surface area contributed by atoms with E-state index in [0.29, 0.717) is 24.6 Å². The van der Waals surface area contributed by atoms with E-state index in [1.807, 2.05) is 0 Å². The van der Waals surface area contributed by atoms with Gasteiger partial charge in [0.1, 0.15) is 5.82 Å². The molecule has 1 amide bonds. The van der Waals surface area contributed by atoms with E-state index in [2.05, 4.69) is 17.4 Å². The quantitative estimate of drug-likeness (QED) is 0.600. The molecule has 2 aliphatic heterocycles. The average molecular weight is 456 g/mol. The van der Waals surface area contributed by atoms with Crippen LogP contribution in [-0.4, -0.2) is 53.6 Å². The summed E-state index contributed by atoms with van der Waals surface area (Å²) in [7, 11) is 1.37. The summed E-state index contributed by atoms with van der Waals surface area (Å²) in [4.78, 5) is 30.6. The zero-order valence-corrected chi connectivity index (χ0v) is 18.8. The minimum Gasteiger partial charge on any atom is -0.494 e. The van der Waals surface area contributed by atoms with Crippen LogP contribution in [0.2, 0.25) is 0 Å². The number of carbonyl (C=O) groups is 2. The maximum atomic E-state index is 14.1. The number of carboxylic acids is 1. The van der Waals surface area contributed by atoms with Crippen LogP contribution < -0.4 is 10.1 Å². The molecular weight excluding hydrogens is 425 g/mol. The number of ether oxygens (including phenoxy) is 1. The Morgan fingerprint density at radius 1 is 1.27 bits per heavy atom. The van der Waals surface area contributed by atoms with Gasteiger partial charge in [-0.25, -0.2) is 9.37 Å². The Morgan fingerprint density at radius 2 is 2.09 bits per heavy atom. The molecule has 0 saturated carbocycles. The Hall–Kier alpha value is -3.16. The number of aromatic nitrogens is 1. The van der Waals surface area contributed by atoms with Gasteiger partial charge in [0.25, 0.3) is 0 Å². The average Bonchev–Trinajstić information content (AvgIpc) is 2.77. The summed E-state index contributed by atoms with van der Waals surface area (Å²) < 4.78 is 19.0. The predicted octanol–water partition coefficient (Wildman–Crippen LogP) is 3.63. The Morgan fingerprint density at radius 3 is 2.82 bits per heavy atom. The second-order valence-corrected chi connectivity index (χ2v) is 8.94. The highest BCUT2D eigenvalue weighted by molar-refractivity contribution is 5.79. The molecule has 0 bridgehead atoms. The summed E-state index contributed by atoms with van der Waals surface area (Å²) in [6.07, 6.45) is 3.85. The first-order valence-electron chi connectivity index (χ1n) is 11.5. The zero-order valence-electron chi connectivity index (χ0n) is 18.8. The molecule has 1 aromatic carbocycles. The van der Waals surface area contributed by atoms with Gasteiger partial charge in [-0.1, -0.05) is 12.1 Å². The summed E-state index contributed by atoms with van der Waals surface area (Å²) in [5, 5.41) is 12.6. The van der Waals surface area contributed by atoms with Crippen LogP contribution in [0.3, 0.4) is 0 Å². The number of likely N-dealkylation sites (tertiary alicyclic amines) is 1. The topological polar surface area (TPSA) is 91.8 Å². The molecule has 2 aromatic rings. The van der Waals surface area contributed by atoms with Gasteiger partial charge in [-0.3, -0.25) is 9.59 Å². The Bertz CT molecular complexity index is 1020. The molecule has 1 atom stereocenters. The Kier molecular flexibility index (Phi) is 7.11. The van der Waals surface area contributed by atoms with E-state index in [-0.39, 0.29) is 24.5 Å². The van der Waals surface area contributed by atoms with Crippen molar-refractivity contribution in [1.82, 2.24) is 9.88 Å². The number of nitrogens with zero attached hydrogens (tertiary/aromatic N) is 2. The normalized spacial score (nSPS) is 16.4. The molecule has 1 unspecified atom stereocenters. The van der Waals surface area contributed by atoms with E-state index in [0.717, 1.165) is 43.7 Å². The third kappa shape index (κ3) is 5.61. The van der Waals surface area contributed by atoms with Crippen LogP contribution >= 0.6 is 0 Å². The first-order chi connectivity index (χ1) is 15.9. The number of amides is 1. The fourth-order valence-corrected chi connectivity index (χ4v) is 4.61. The summed E-state index contributed by atoms with van der Waals surface area (Å²) in [6.45, 7) is 2.30. The molecule has 1 aromatic heterocycles. The summed E-state index contributed by atoms with van der Waals surface area (Å²) in [5.41, 5.74) is 2.84. The Labute approximate surface area is 193 Å². The van der Waals surface area contributed by atoms with Gasteiger partial charge >= 0.3 is 5.97 Å². The lowest BCUT2D eigenvalue weighted by atomic mass is 9.89. The van der Waals surface area contributed by atoms with Gasteiger partial charge in [0.2, 0.25) is 5.91 Å². The molecule has 1 fully saturated rings. The lowest BCUT2D eigenvalue weighted by Crippen LogP contribution is -2.50. The number of anilines is 1. The molecule has 7 nitrogen and oxygen atoms in total. The van der Waals surface area contributed by atoms with Crippen molar-refractivity contribution >= 4 is 17.7 Å². The number of pyridine rings is 1. The molecule has 3 heterocycles. The van der Waals surface area contributed by atoms with Crippen LogP contribution in [-0.2, 0) is 22.4 Å². The van der Waals surface area contributed by atoms with E-state index >= 15 is 0 Å². The molecule has 4 rings (SSSR count). The minimum absolute atomic E-state index is 0.0445. The SMILES string of the molecule is COc1ccc(C(CC(=O)O)CC(=O)N2CC(CCc3ccc4c(n3)NCCC4)C2)cc1F. The third-order valence-corrected chi connectivity index (χ3v) is 6.56. The van der Waals surface area contributed by atoms with Crippen LogP contribution in [0.5, 0.6) is 5.75 Å². The molecule has 176 valence electrons. The molecule has 0 spiro atoms. The van der Waals surface area contributed by atoms with Gasteiger partial charge < -0.3 is 20.1 Å². The molecular formula is C25H30FN3O4. The number of aryl methyl sites for hydroxylation is 2. The molecule has 0 radical (unpaired) electrons. The van der Waals surface area contributed by atoms with Gasteiger partial charge in [-0.05, 0) is 60.9 Å². The summed E-state index contributed by atoms with van der Waals surface area (Å²) >= 11 is 0. The highest BCUT2D eigenvalue weighted by atomic mass is 19.1. The van der Waals surface area contributed by atoms with Crippen molar-refractivity contribution in [3.8, 4) is 5.75 Å². The predicted molar refractivity (Wildman–Crippen MR) is 122 cm³/mol. The van der Waals surface area contributed by atoms with Crippen molar-refractivity contribution in [3.63, 3.8) is 0 Å². The zero-order chi connectivity index (χ0) is 23.4. The highest BCUT2D eigenvalue weighted by Crippen LogP contribution is 2.30. The smallest absolute Gasteiger partial charge is 0.303 e. The third-order valence-electron chi connectivity index (χ3n) is 6.56. The Balaban J connectivity index is 1.28. The van der Waals surface area contributed by atoms with Gasteiger partial charge in [0.15, 0.2) is 11.6 Å². The maximum Gasteiger partial charge on any atom is 0.303 e. The number of hydrogen-bond acceptors (Lipinski definition) is 5. The van der Waals surface area contributed by atoms with Crippen LogP contribution in [0.25, 0.3) is 0 Å². The van der Waals surface area contributed by atoms with Gasteiger partial charge in [-0.15, -0.1) is 0 Å². The number of benzene rings is 1. The molecule has 1 saturated heterocycles. The van der Waals surface area contributed by atoms with Crippen LogP contribution in [0.1, 0.15) is 48.4 Å². The van der Waals surface area contributed by atoms with Crippen molar-refractivity contribution in [3.05, 3.63) is 53.0 Å². The second-order valence-electron chi connectivity index (χ2n) is 8.94. The molecule has 2 aliphatic rings. The van der Waals surface area contributed by atoms with E-state index < -0.39 is 17.7 Å². The van der Waals surface area contributed by atoms with Crippen molar-refractivity contribution in [2.45, 2.75) is 44.4 Å². The number of rotatable bonds is 9. The summed E-state index contributed by atoms with van der Waals surface area (Å²) in [5.74, 6) is -0.745. The first kappa shape index (κ1) is 23.0. The monoisotopic (exact) mass is 455 g/mol. The lowest BCUT2D eigenvalue weighted by Gasteiger charge is -2.40. The van der Waals surface area contributed by atoms with E-state index in [9.17, 15) is 19.1 Å². The number of carbonyl (C=O) groups excluding carboxylic acids is 1. The summed E-state index contributed by atoms with van der Waals surface area (Å²) in [6, 6.07) is 8.61. The molecule has 33 heavy (non-hydrogen) atoms. The molecule has 8 heteroatoms. The van der Waals surface area contributed by atoms with Crippen LogP contribution in [0.4, 0.5) is 10.2 Å². The van der Waals surface area contributed by atoms with Gasteiger partial charge in [0.05, 0.1) is 13.5 Å².